The lowest BCUT2D eigenvalue weighted by molar-refractivity contribution is -0.110. The molecule has 0 aliphatic heterocycles. The van der Waals surface area contributed by atoms with E-state index in [9.17, 15) is 13.2 Å². The van der Waals surface area contributed by atoms with Gasteiger partial charge in [0.05, 0.1) is 11.4 Å². The first-order valence-corrected chi connectivity index (χ1v) is 7.94. The summed E-state index contributed by atoms with van der Waals surface area (Å²) in [7, 11) is -3.54. The van der Waals surface area contributed by atoms with Crippen molar-refractivity contribution in [3.8, 4) is 0 Å². The molecule has 0 aliphatic carbocycles. The SMILES string of the molecule is CCS(=O)(=O)N(CC(=O)Cl)c1c(C)cc(C)cc1C. The topological polar surface area (TPSA) is 54.5 Å². The summed E-state index contributed by atoms with van der Waals surface area (Å²) in [5.74, 6) is -0.0794. The summed E-state index contributed by atoms with van der Waals surface area (Å²) in [5.41, 5.74) is 3.21. The molecule has 0 spiro atoms. The lowest BCUT2D eigenvalue weighted by atomic mass is 10.1. The fourth-order valence-electron chi connectivity index (χ4n) is 2.15. The molecule has 0 unspecified atom stereocenters. The molecule has 1 aromatic carbocycles. The number of rotatable bonds is 5. The van der Waals surface area contributed by atoms with Crippen LogP contribution in [0.15, 0.2) is 12.1 Å². The van der Waals surface area contributed by atoms with E-state index in [0.29, 0.717) is 5.69 Å². The third-order valence-electron chi connectivity index (χ3n) is 2.85. The molecule has 0 aliphatic rings. The van der Waals surface area contributed by atoms with Crippen molar-refractivity contribution >= 4 is 32.6 Å². The Morgan fingerprint density at radius 2 is 1.68 bits per heavy atom. The van der Waals surface area contributed by atoms with Crippen LogP contribution in [0.1, 0.15) is 23.6 Å². The summed E-state index contributed by atoms with van der Waals surface area (Å²) in [6.07, 6.45) is 0. The van der Waals surface area contributed by atoms with Crippen molar-refractivity contribution in [3.63, 3.8) is 0 Å². The molecule has 6 heteroatoms. The molecule has 0 atom stereocenters. The van der Waals surface area contributed by atoms with E-state index in [0.717, 1.165) is 21.0 Å². The molecule has 19 heavy (non-hydrogen) atoms. The molecule has 0 fully saturated rings. The van der Waals surface area contributed by atoms with Crippen LogP contribution in [0.2, 0.25) is 0 Å². The molecule has 0 amide bonds. The van der Waals surface area contributed by atoms with E-state index >= 15 is 0 Å². The number of halogens is 1. The number of nitrogens with zero attached hydrogens (tertiary/aromatic N) is 1. The van der Waals surface area contributed by atoms with Gasteiger partial charge in [-0.2, -0.15) is 0 Å². The third-order valence-corrected chi connectivity index (χ3v) is 4.69. The number of carbonyl (C=O) groups is 1. The highest BCUT2D eigenvalue weighted by molar-refractivity contribution is 7.92. The summed E-state index contributed by atoms with van der Waals surface area (Å²) in [5, 5.41) is -0.698. The van der Waals surface area contributed by atoms with Gasteiger partial charge in [-0.05, 0) is 50.4 Å². The van der Waals surface area contributed by atoms with Crippen molar-refractivity contribution in [2.75, 3.05) is 16.6 Å². The van der Waals surface area contributed by atoms with Gasteiger partial charge < -0.3 is 0 Å². The van der Waals surface area contributed by atoms with Crippen LogP contribution in [0.3, 0.4) is 0 Å². The van der Waals surface area contributed by atoms with Gasteiger partial charge in [-0.1, -0.05) is 17.7 Å². The van der Waals surface area contributed by atoms with Gasteiger partial charge in [-0.15, -0.1) is 0 Å². The zero-order chi connectivity index (χ0) is 14.8. The van der Waals surface area contributed by atoms with Gasteiger partial charge in [-0.3, -0.25) is 9.10 Å². The van der Waals surface area contributed by atoms with Crippen molar-refractivity contribution < 1.29 is 13.2 Å². The highest BCUT2D eigenvalue weighted by atomic mass is 35.5. The Kier molecular flexibility index (Phi) is 4.98. The quantitative estimate of drug-likeness (QED) is 0.786. The fourth-order valence-corrected chi connectivity index (χ4v) is 3.53. The van der Waals surface area contributed by atoms with E-state index in [-0.39, 0.29) is 12.3 Å². The van der Waals surface area contributed by atoms with Gasteiger partial charge in [0.1, 0.15) is 6.54 Å². The lowest BCUT2D eigenvalue weighted by Gasteiger charge is -2.26. The highest BCUT2D eigenvalue weighted by Crippen LogP contribution is 2.28. The van der Waals surface area contributed by atoms with E-state index in [1.165, 1.54) is 0 Å². The van der Waals surface area contributed by atoms with Gasteiger partial charge in [-0.25, -0.2) is 8.42 Å². The van der Waals surface area contributed by atoms with Crippen LogP contribution < -0.4 is 4.31 Å². The number of benzene rings is 1. The normalized spacial score (nSPS) is 11.4. The molecule has 0 radical (unpaired) electrons. The zero-order valence-electron chi connectivity index (χ0n) is 11.5. The van der Waals surface area contributed by atoms with Crippen molar-refractivity contribution in [2.24, 2.45) is 0 Å². The second-order valence-corrected chi connectivity index (χ2v) is 7.11. The van der Waals surface area contributed by atoms with Gasteiger partial charge in [0, 0.05) is 0 Å². The summed E-state index contributed by atoms with van der Waals surface area (Å²) in [6.45, 7) is 6.79. The maximum Gasteiger partial charge on any atom is 0.242 e. The largest absolute Gasteiger partial charge is 0.279 e. The second-order valence-electron chi connectivity index (χ2n) is 4.51. The van der Waals surface area contributed by atoms with Crippen LogP contribution >= 0.6 is 11.6 Å². The molecule has 0 saturated heterocycles. The lowest BCUT2D eigenvalue weighted by Crippen LogP contribution is -2.36. The van der Waals surface area contributed by atoms with Crippen molar-refractivity contribution in [3.05, 3.63) is 28.8 Å². The Morgan fingerprint density at radius 3 is 2.05 bits per heavy atom. The van der Waals surface area contributed by atoms with Crippen LogP contribution in [0, 0.1) is 20.8 Å². The number of sulfonamides is 1. The summed E-state index contributed by atoms with van der Waals surface area (Å²) in [4.78, 5) is 11.1. The molecule has 0 bridgehead atoms. The highest BCUT2D eigenvalue weighted by Gasteiger charge is 2.25. The maximum absolute atomic E-state index is 12.1. The fraction of sp³-hybridized carbons (Fsp3) is 0.462. The summed E-state index contributed by atoms with van der Waals surface area (Å²) < 4.78 is 25.4. The second kappa shape index (κ2) is 5.92. The minimum Gasteiger partial charge on any atom is -0.279 e. The Balaban J connectivity index is 3.46. The molecular weight excluding hydrogens is 286 g/mol. The average Bonchev–Trinajstić information content (AvgIpc) is 2.25. The standard InChI is InChI=1S/C13H18ClNO3S/c1-5-19(17,18)15(8-12(14)16)13-10(3)6-9(2)7-11(13)4/h6-7H,5,8H2,1-4H3. The van der Waals surface area contributed by atoms with E-state index in [1.807, 2.05) is 32.9 Å². The third kappa shape index (κ3) is 3.70. The molecular formula is C13H18ClNO3S. The minimum atomic E-state index is -3.54. The first-order chi connectivity index (χ1) is 8.69. The smallest absolute Gasteiger partial charge is 0.242 e. The Hall–Kier alpha value is -1.07. The first-order valence-electron chi connectivity index (χ1n) is 5.95. The molecule has 0 N–H and O–H groups in total. The van der Waals surface area contributed by atoms with Gasteiger partial charge in [0.25, 0.3) is 0 Å². The maximum atomic E-state index is 12.1. The predicted octanol–water partition coefficient (Wildman–Crippen LogP) is 2.53. The van der Waals surface area contributed by atoms with Gasteiger partial charge in [0.2, 0.25) is 15.3 Å². The molecule has 106 valence electrons. The molecule has 1 rings (SSSR count). The van der Waals surface area contributed by atoms with E-state index in [1.54, 1.807) is 6.92 Å². The zero-order valence-corrected chi connectivity index (χ0v) is 13.1. The average molecular weight is 304 g/mol. The number of carbonyl (C=O) groups excluding carboxylic acids is 1. The molecule has 0 saturated carbocycles. The Bertz CT molecular complexity index is 573. The van der Waals surface area contributed by atoms with Crippen molar-refractivity contribution in [2.45, 2.75) is 27.7 Å². The Morgan fingerprint density at radius 1 is 1.21 bits per heavy atom. The first kappa shape index (κ1) is 16.0. The van der Waals surface area contributed by atoms with Gasteiger partial charge >= 0.3 is 0 Å². The van der Waals surface area contributed by atoms with Crippen LogP contribution in [0.5, 0.6) is 0 Å². The number of anilines is 1. The molecule has 1 aromatic rings. The monoisotopic (exact) mass is 303 g/mol. The van der Waals surface area contributed by atoms with E-state index in [4.69, 9.17) is 11.6 Å². The Labute approximate surface area is 119 Å². The molecule has 4 nitrogen and oxygen atoms in total. The van der Waals surface area contributed by atoms with Crippen LogP contribution in [0.4, 0.5) is 5.69 Å². The van der Waals surface area contributed by atoms with Crippen LogP contribution in [-0.2, 0) is 14.8 Å². The number of hydrogen-bond donors (Lipinski definition) is 0. The van der Waals surface area contributed by atoms with Crippen molar-refractivity contribution in [1.82, 2.24) is 0 Å². The van der Waals surface area contributed by atoms with E-state index < -0.39 is 15.3 Å². The molecule has 0 heterocycles. The van der Waals surface area contributed by atoms with Crippen LogP contribution in [0.25, 0.3) is 0 Å². The van der Waals surface area contributed by atoms with E-state index in [2.05, 4.69) is 0 Å². The number of hydrogen-bond acceptors (Lipinski definition) is 3. The molecule has 0 aromatic heterocycles. The minimum absolute atomic E-state index is 0.0794. The van der Waals surface area contributed by atoms with Crippen molar-refractivity contribution in [1.29, 1.82) is 0 Å². The predicted molar refractivity (Wildman–Crippen MR) is 78.3 cm³/mol. The number of aryl methyl sites for hydroxylation is 3. The summed E-state index contributed by atoms with van der Waals surface area (Å²) in [6, 6.07) is 3.78. The van der Waals surface area contributed by atoms with Gasteiger partial charge in [0.15, 0.2) is 0 Å². The van der Waals surface area contributed by atoms with Crippen LogP contribution in [-0.4, -0.2) is 26.0 Å². The summed E-state index contributed by atoms with van der Waals surface area (Å²) >= 11 is 5.38.